The van der Waals surface area contributed by atoms with Crippen molar-refractivity contribution < 1.29 is 9.90 Å². The summed E-state index contributed by atoms with van der Waals surface area (Å²) in [7, 11) is 0. The average molecular weight is 176 g/mol. The van der Waals surface area contributed by atoms with E-state index in [-0.39, 0.29) is 11.5 Å². The summed E-state index contributed by atoms with van der Waals surface area (Å²) >= 11 is 0. The van der Waals surface area contributed by atoms with Crippen molar-refractivity contribution >= 4 is 5.78 Å². The lowest BCUT2D eigenvalue weighted by atomic mass is 10.00. The van der Waals surface area contributed by atoms with Crippen LogP contribution < -0.4 is 0 Å². The fourth-order valence-corrected chi connectivity index (χ4v) is 1.85. The molecule has 0 amide bonds. The Kier molecular flexibility index (Phi) is 1.65. The first-order chi connectivity index (χ1) is 6.11. The third kappa shape index (κ3) is 1.05. The minimum atomic E-state index is 0.0793. The van der Waals surface area contributed by atoms with E-state index in [1.807, 2.05) is 19.9 Å². The van der Waals surface area contributed by atoms with E-state index in [1.54, 1.807) is 0 Å². The molecule has 13 heavy (non-hydrogen) atoms. The molecule has 0 atom stereocenters. The molecule has 1 aromatic rings. The van der Waals surface area contributed by atoms with Crippen molar-refractivity contribution in [3.63, 3.8) is 0 Å². The molecule has 2 heteroatoms. The van der Waals surface area contributed by atoms with E-state index in [0.29, 0.717) is 12.0 Å². The van der Waals surface area contributed by atoms with Gasteiger partial charge in [-0.05, 0) is 37.0 Å². The van der Waals surface area contributed by atoms with E-state index >= 15 is 0 Å². The van der Waals surface area contributed by atoms with Gasteiger partial charge in [0.25, 0.3) is 0 Å². The number of hydrogen-bond acceptors (Lipinski definition) is 2. The molecule has 0 heterocycles. The smallest absolute Gasteiger partial charge is 0.167 e. The summed E-state index contributed by atoms with van der Waals surface area (Å²) in [6.45, 7) is 3.80. The summed E-state index contributed by atoms with van der Waals surface area (Å²) in [6.07, 6.45) is 1.33. The van der Waals surface area contributed by atoms with E-state index in [4.69, 9.17) is 0 Å². The number of aryl methyl sites for hydroxylation is 2. The number of phenols is 1. The van der Waals surface area contributed by atoms with Crippen LogP contribution >= 0.6 is 0 Å². The molecule has 68 valence electrons. The van der Waals surface area contributed by atoms with Crippen LogP contribution in [0.25, 0.3) is 0 Å². The summed E-state index contributed by atoms with van der Waals surface area (Å²) in [4.78, 5) is 11.4. The van der Waals surface area contributed by atoms with E-state index in [2.05, 4.69) is 0 Å². The number of hydrogen-bond donors (Lipinski definition) is 1. The molecule has 0 aliphatic heterocycles. The number of fused-ring (bicyclic) bond motifs is 1. The van der Waals surface area contributed by atoms with Gasteiger partial charge < -0.3 is 5.11 Å². The number of aromatic hydroxyl groups is 1. The minimum absolute atomic E-state index is 0.0793. The lowest BCUT2D eigenvalue weighted by Crippen LogP contribution is -1.95. The highest BCUT2D eigenvalue weighted by Gasteiger charge is 2.24. The first kappa shape index (κ1) is 8.30. The summed E-state index contributed by atoms with van der Waals surface area (Å²) in [5.74, 6) is 0.271. The summed E-state index contributed by atoms with van der Waals surface area (Å²) in [5, 5.41) is 9.75. The zero-order valence-corrected chi connectivity index (χ0v) is 7.85. The molecular weight excluding hydrogens is 164 g/mol. The molecule has 0 bridgehead atoms. The van der Waals surface area contributed by atoms with Gasteiger partial charge in [0.05, 0.1) is 5.56 Å². The van der Waals surface area contributed by atoms with Gasteiger partial charge in [0.2, 0.25) is 0 Å². The summed E-state index contributed by atoms with van der Waals surface area (Å²) in [5.41, 5.74) is 3.45. The zero-order valence-electron chi connectivity index (χ0n) is 7.85. The highest BCUT2D eigenvalue weighted by Crippen LogP contribution is 2.34. The van der Waals surface area contributed by atoms with Crippen molar-refractivity contribution in [3.8, 4) is 5.75 Å². The third-order valence-corrected chi connectivity index (χ3v) is 2.80. The molecule has 1 aromatic carbocycles. The number of ketones is 1. The van der Waals surface area contributed by atoms with Gasteiger partial charge in [-0.2, -0.15) is 0 Å². The maximum absolute atomic E-state index is 11.4. The molecule has 0 saturated carbocycles. The highest BCUT2D eigenvalue weighted by atomic mass is 16.3. The summed E-state index contributed by atoms with van der Waals surface area (Å²) < 4.78 is 0. The predicted octanol–water partition coefficient (Wildman–Crippen LogP) is 2.14. The van der Waals surface area contributed by atoms with Crippen molar-refractivity contribution in [1.29, 1.82) is 0 Å². The monoisotopic (exact) mass is 176 g/mol. The number of Topliss-reactive ketones (excluding diaryl/α,β-unsaturated/α-hetero) is 1. The Bertz CT molecular complexity index is 392. The Morgan fingerprint density at radius 1 is 1.31 bits per heavy atom. The molecule has 2 nitrogen and oxygen atoms in total. The zero-order chi connectivity index (χ0) is 9.59. The van der Waals surface area contributed by atoms with Crippen molar-refractivity contribution in [2.75, 3.05) is 0 Å². The predicted molar refractivity (Wildman–Crippen MR) is 50.2 cm³/mol. The molecule has 1 aliphatic rings. The largest absolute Gasteiger partial charge is 0.507 e. The van der Waals surface area contributed by atoms with Crippen molar-refractivity contribution in [1.82, 2.24) is 0 Å². The number of phenolic OH excluding ortho intramolecular Hbond substituents is 1. The van der Waals surface area contributed by atoms with Gasteiger partial charge in [0.1, 0.15) is 5.75 Å². The van der Waals surface area contributed by atoms with Crippen molar-refractivity contribution in [2.45, 2.75) is 26.7 Å². The van der Waals surface area contributed by atoms with Crippen LogP contribution in [-0.2, 0) is 6.42 Å². The third-order valence-electron chi connectivity index (χ3n) is 2.80. The molecule has 0 unspecified atom stereocenters. The topological polar surface area (TPSA) is 37.3 Å². The maximum Gasteiger partial charge on any atom is 0.167 e. The molecule has 0 radical (unpaired) electrons. The highest BCUT2D eigenvalue weighted by molar-refractivity contribution is 6.03. The van der Waals surface area contributed by atoms with Crippen molar-refractivity contribution in [2.24, 2.45) is 0 Å². The molecule has 2 rings (SSSR count). The Hall–Kier alpha value is -1.31. The van der Waals surface area contributed by atoms with E-state index in [1.165, 1.54) is 0 Å². The van der Waals surface area contributed by atoms with Crippen LogP contribution in [0.15, 0.2) is 6.07 Å². The molecule has 1 aliphatic carbocycles. The van der Waals surface area contributed by atoms with Gasteiger partial charge in [-0.15, -0.1) is 0 Å². The van der Waals surface area contributed by atoms with Gasteiger partial charge in [-0.1, -0.05) is 6.07 Å². The standard InChI is InChI=1S/C11H12O2/c1-6-5-8-3-4-9(12)10(8)11(13)7(6)2/h5,13H,3-4H2,1-2H3. The van der Waals surface area contributed by atoms with Crippen LogP contribution in [0.5, 0.6) is 5.75 Å². The summed E-state index contributed by atoms with van der Waals surface area (Å²) in [6, 6.07) is 2.01. The van der Waals surface area contributed by atoms with Crippen LogP contribution in [0.4, 0.5) is 0 Å². The van der Waals surface area contributed by atoms with Gasteiger partial charge in [0.15, 0.2) is 5.78 Å². The first-order valence-electron chi connectivity index (χ1n) is 4.46. The minimum Gasteiger partial charge on any atom is -0.507 e. The van der Waals surface area contributed by atoms with Crippen LogP contribution in [0.3, 0.4) is 0 Å². The first-order valence-corrected chi connectivity index (χ1v) is 4.46. The molecular formula is C11H12O2. The van der Waals surface area contributed by atoms with Crippen LogP contribution in [0.2, 0.25) is 0 Å². The fraction of sp³-hybridized carbons (Fsp3) is 0.364. The lowest BCUT2D eigenvalue weighted by molar-refractivity contribution is 0.0992. The number of carbonyl (C=O) groups excluding carboxylic acids is 1. The molecule has 0 spiro atoms. The van der Waals surface area contributed by atoms with Crippen LogP contribution in [-0.4, -0.2) is 10.9 Å². The Balaban J connectivity index is 2.75. The fourth-order valence-electron chi connectivity index (χ4n) is 1.85. The van der Waals surface area contributed by atoms with Crippen molar-refractivity contribution in [3.05, 3.63) is 28.3 Å². The second kappa shape index (κ2) is 2.59. The second-order valence-corrected chi connectivity index (χ2v) is 3.62. The van der Waals surface area contributed by atoms with Gasteiger partial charge >= 0.3 is 0 Å². The quantitative estimate of drug-likeness (QED) is 0.657. The number of rotatable bonds is 0. The lowest BCUT2D eigenvalue weighted by Gasteiger charge is -2.07. The average Bonchev–Trinajstić information content (AvgIpc) is 2.43. The molecule has 1 N–H and O–H groups in total. The van der Waals surface area contributed by atoms with Gasteiger partial charge in [-0.25, -0.2) is 0 Å². The molecule has 0 aromatic heterocycles. The number of benzene rings is 1. The van der Waals surface area contributed by atoms with Crippen LogP contribution in [0, 0.1) is 13.8 Å². The molecule has 0 fully saturated rings. The van der Waals surface area contributed by atoms with E-state index in [9.17, 15) is 9.90 Å². The molecule has 0 saturated heterocycles. The second-order valence-electron chi connectivity index (χ2n) is 3.62. The van der Waals surface area contributed by atoms with Crippen LogP contribution in [0.1, 0.15) is 33.5 Å². The van der Waals surface area contributed by atoms with Gasteiger partial charge in [0, 0.05) is 6.42 Å². The normalized spacial score (nSPS) is 14.8. The Morgan fingerprint density at radius 2 is 2.00 bits per heavy atom. The SMILES string of the molecule is Cc1cc2c(c(O)c1C)C(=O)CC2. The number of carbonyl (C=O) groups is 1. The maximum atomic E-state index is 11.4. The van der Waals surface area contributed by atoms with E-state index in [0.717, 1.165) is 23.1 Å². The van der Waals surface area contributed by atoms with Gasteiger partial charge in [-0.3, -0.25) is 4.79 Å². The Morgan fingerprint density at radius 3 is 2.69 bits per heavy atom. The van der Waals surface area contributed by atoms with E-state index < -0.39 is 0 Å². The Labute approximate surface area is 77.2 Å².